The van der Waals surface area contributed by atoms with E-state index in [1.54, 1.807) is 0 Å². The summed E-state index contributed by atoms with van der Waals surface area (Å²) >= 11 is 0. The fourth-order valence-electron chi connectivity index (χ4n) is 2.54. The van der Waals surface area contributed by atoms with E-state index >= 15 is 0 Å². The maximum Gasteiger partial charge on any atom is 0.184 e. The van der Waals surface area contributed by atoms with E-state index in [0.29, 0.717) is 13.2 Å². The van der Waals surface area contributed by atoms with Gasteiger partial charge >= 0.3 is 0 Å². The van der Waals surface area contributed by atoms with Crippen molar-refractivity contribution in [2.24, 2.45) is 0 Å². The molecule has 0 heterocycles. The average Bonchev–Trinajstić information content (AvgIpc) is 2.67. The maximum absolute atomic E-state index is 6.13. The van der Waals surface area contributed by atoms with Crippen LogP contribution in [0.25, 0.3) is 11.6 Å². The summed E-state index contributed by atoms with van der Waals surface area (Å²) in [6.07, 6.45) is 6.16. The van der Waals surface area contributed by atoms with E-state index in [1.165, 1.54) is 0 Å². The topological polar surface area (TPSA) is 18.5 Å². The van der Waals surface area contributed by atoms with Crippen molar-refractivity contribution in [1.29, 1.82) is 0 Å². The Morgan fingerprint density at radius 3 is 1.84 bits per heavy atom. The van der Waals surface area contributed by atoms with Gasteiger partial charge in [0.15, 0.2) is 6.29 Å². The molecule has 0 N–H and O–H groups in total. The third kappa shape index (κ3) is 6.85. The third-order valence-corrected chi connectivity index (χ3v) is 4.02. The van der Waals surface area contributed by atoms with E-state index in [9.17, 15) is 0 Å². The second kappa shape index (κ2) is 11.6. The first-order valence-electron chi connectivity index (χ1n) is 9.40. The summed E-state index contributed by atoms with van der Waals surface area (Å²) in [5.74, 6) is 0. The monoisotopic (exact) mass is 338 g/mol. The van der Waals surface area contributed by atoms with Crippen LogP contribution in [0.3, 0.4) is 0 Å². The SMILES string of the molecule is CCCCOC(OCCCC)/C(=C/c1ccccc1)c1ccccc1. The van der Waals surface area contributed by atoms with E-state index in [2.05, 4.69) is 68.5 Å². The summed E-state index contributed by atoms with van der Waals surface area (Å²) in [5, 5.41) is 0. The van der Waals surface area contributed by atoms with Gasteiger partial charge in [0.1, 0.15) is 0 Å². The molecule has 0 aliphatic carbocycles. The van der Waals surface area contributed by atoms with Gasteiger partial charge < -0.3 is 9.47 Å². The van der Waals surface area contributed by atoms with E-state index in [0.717, 1.165) is 42.4 Å². The van der Waals surface area contributed by atoms with Gasteiger partial charge in [-0.3, -0.25) is 0 Å². The van der Waals surface area contributed by atoms with Crippen LogP contribution >= 0.6 is 0 Å². The first-order chi connectivity index (χ1) is 12.3. The third-order valence-electron chi connectivity index (χ3n) is 4.02. The van der Waals surface area contributed by atoms with Gasteiger partial charge in [0, 0.05) is 5.57 Å². The van der Waals surface area contributed by atoms with Crippen molar-refractivity contribution in [1.82, 2.24) is 0 Å². The second-order valence-electron chi connectivity index (χ2n) is 6.16. The van der Waals surface area contributed by atoms with Gasteiger partial charge in [-0.1, -0.05) is 87.4 Å². The number of benzene rings is 2. The first kappa shape index (κ1) is 19.4. The van der Waals surface area contributed by atoms with Gasteiger partial charge in [0.2, 0.25) is 0 Å². The van der Waals surface area contributed by atoms with Crippen molar-refractivity contribution in [2.45, 2.75) is 45.8 Å². The molecule has 0 radical (unpaired) electrons. The summed E-state index contributed by atoms with van der Waals surface area (Å²) in [6, 6.07) is 20.8. The quantitative estimate of drug-likeness (QED) is 0.276. The molecule has 0 aliphatic heterocycles. The molecule has 0 amide bonds. The molecule has 2 aromatic rings. The molecule has 2 heteroatoms. The van der Waals surface area contributed by atoms with Gasteiger partial charge in [-0.05, 0) is 30.0 Å². The molecule has 0 aromatic heterocycles. The number of hydrogen-bond donors (Lipinski definition) is 0. The first-order valence-corrected chi connectivity index (χ1v) is 9.40. The molecule has 2 aromatic carbocycles. The van der Waals surface area contributed by atoms with Gasteiger partial charge in [0.25, 0.3) is 0 Å². The predicted molar refractivity (Wildman–Crippen MR) is 106 cm³/mol. The van der Waals surface area contributed by atoms with E-state index in [1.807, 2.05) is 12.1 Å². The number of ether oxygens (including phenoxy) is 2. The van der Waals surface area contributed by atoms with Crippen LogP contribution in [0.1, 0.15) is 50.7 Å². The summed E-state index contributed by atoms with van der Waals surface area (Å²) in [4.78, 5) is 0. The zero-order valence-corrected chi connectivity index (χ0v) is 15.5. The Morgan fingerprint density at radius 1 is 0.800 bits per heavy atom. The molecule has 0 saturated heterocycles. The van der Waals surface area contributed by atoms with Gasteiger partial charge in [-0.25, -0.2) is 0 Å². The molecule has 0 unspecified atom stereocenters. The van der Waals surface area contributed by atoms with Crippen LogP contribution in [0.2, 0.25) is 0 Å². The second-order valence-corrected chi connectivity index (χ2v) is 6.16. The van der Waals surface area contributed by atoms with Gasteiger partial charge in [0.05, 0.1) is 13.2 Å². The molecule has 2 rings (SSSR count). The molecular formula is C23H30O2. The van der Waals surface area contributed by atoms with Crippen molar-refractivity contribution in [2.75, 3.05) is 13.2 Å². The molecule has 0 bridgehead atoms. The lowest BCUT2D eigenvalue weighted by Crippen LogP contribution is -2.20. The molecular weight excluding hydrogens is 308 g/mol. The van der Waals surface area contributed by atoms with Crippen LogP contribution in [0.4, 0.5) is 0 Å². The Hall–Kier alpha value is -1.90. The molecule has 134 valence electrons. The summed E-state index contributed by atoms with van der Waals surface area (Å²) in [7, 11) is 0. The largest absolute Gasteiger partial charge is 0.348 e. The molecule has 2 nitrogen and oxygen atoms in total. The van der Waals surface area contributed by atoms with E-state index in [4.69, 9.17) is 9.47 Å². The van der Waals surface area contributed by atoms with Crippen molar-refractivity contribution in [3.8, 4) is 0 Å². The lowest BCUT2D eigenvalue weighted by atomic mass is 10.0. The highest BCUT2D eigenvalue weighted by Crippen LogP contribution is 2.25. The van der Waals surface area contributed by atoms with Crippen LogP contribution in [0.5, 0.6) is 0 Å². The number of rotatable bonds is 11. The minimum absolute atomic E-state index is 0.333. The van der Waals surface area contributed by atoms with Crippen molar-refractivity contribution in [3.63, 3.8) is 0 Å². The Morgan fingerprint density at radius 2 is 1.32 bits per heavy atom. The summed E-state index contributed by atoms with van der Waals surface area (Å²) in [6.45, 7) is 5.78. The van der Waals surface area contributed by atoms with Crippen molar-refractivity contribution in [3.05, 3.63) is 71.8 Å². The molecule has 0 atom stereocenters. The van der Waals surface area contributed by atoms with Gasteiger partial charge in [-0.15, -0.1) is 0 Å². The van der Waals surface area contributed by atoms with E-state index in [-0.39, 0.29) is 6.29 Å². The molecule has 0 saturated carbocycles. The molecule has 0 aliphatic rings. The van der Waals surface area contributed by atoms with Gasteiger partial charge in [-0.2, -0.15) is 0 Å². The molecule has 0 spiro atoms. The Kier molecular flexibility index (Phi) is 9.03. The lowest BCUT2D eigenvalue weighted by Gasteiger charge is -2.22. The van der Waals surface area contributed by atoms with Crippen molar-refractivity contribution < 1.29 is 9.47 Å². The van der Waals surface area contributed by atoms with Crippen LogP contribution in [-0.2, 0) is 9.47 Å². The van der Waals surface area contributed by atoms with E-state index < -0.39 is 0 Å². The highest BCUT2D eigenvalue weighted by atomic mass is 16.7. The minimum atomic E-state index is -0.333. The Balaban J connectivity index is 2.29. The van der Waals surface area contributed by atoms with Crippen molar-refractivity contribution >= 4 is 11.6 Å². The predicted octanol–water partition coefficient (Wildman–Crippen LogP) is 6.19. The standard InChI is InChI=1S/C23H30O2/c1-3-5-17-24-23(25-18-6-4-2)22(21-15-11-8-12-16-21)19-20-13-9-7-10-14-20/h7-16,19,23H,3-6,17-18H2,1-2H3/b22-19+. The fourth-order valence-corrected chi connectivity index (χ4v) is 2.54. The summed E-state index contributed by atoms with van der Waals surface area (Å²) in [5.41, 5.74) is 3.38. The normalized spacial score (nSPS) is 11.9. The highest BCUT2D eigenvalue weighted by Gasteiger charge is 2.17. The highest BCUT2D eigenvalue weighted by molar-refractivity contribution is 5.83. The fraction of sp³-hybridized carbons (Fsp3) is 0.391. The smallest absolute Gasteiger partial charge is 0.184 e. The maximum atomic E-state index is 6.13. The zero-order chi connectivity index (χ0) is 17.7. The Bertz CT molecular complexity index is 595. The average molecular weight is 338 g/mol. The Labute approximate surface area is 152 Å². The zero-order valence-electron chi connectivity index (χ0n) is 15.5. The van der Waals surface area contributed by atoms with Crippen LogP contribution in [-0.4, -0.2) is 19.5 Å². The lowest BCUT2D eigenvalue weighted by molar-refractivity contribution is -0.105. The molecule has 0 fully saturated rings. The number of unbranched alkanes of at least 4 members (excludes halogenated alkanes) is 2. The summed E-state index contributed by atoms with van der Waals surface area (Å²) < 4.78 is 12.3. The van der Waals surface area contributed by atoms with Crippen LogP contribution < -0.4 is 0 Å². The number of hydrogen-bond acceptors (Lipinski definition) is 2. The minimum Gasteiger partial charge on any atom is -0.348 e. The van der Waals surface area contributed by atoms with Crippen LogP contribution in [0.15, 0.2) is 60.7 Å². The van der Waals surface area contributed by atoms with Crippen LogP contribution in [0, 0.1) is 0 Å². The molecule has 25 heavy (non-hydrogen) atoms.